The number of benzene rings is 1. The van der Waals surface area contributed by atoms with Gasteiger partial charge in [-0.05, 0) is 25.0 Å². The normalized spacial score (nSPS) is 9.64. The lowest BCUT2D eigenvalue weighted by Crippen LogP contribution is -1.94. The van der Waals surface area contributed by atoms with Gasteiger partial charge in [0.1, 0.15) is 11.5 Å². The van der Waals surface area contributed by atoms with Crippen LogP contribution in [-0.4, -0.2) is 22.2 Å². The lowest BCUT2D eigenvalue weighted by atomic mass is 10.1. The second kappa shape index (κ2) is 21.3. The van der Waals surface area contributed by atoms with Gasteiger partial charge < -0.3 is 14.9 Å². The Morgan fingerprint density at radius 1 is 0.840 bits per heavy atom. The van der Waals surface area contributed by atoms with Gasteiger partial charge >= 0.3 is 0 Å². The Kier molecular flexibility index (Phi) is 22.6. The number of rotatable bonds is 11. The molecule has 0 amide bonds. The van der Waals surface area contributed by atoms with Crippen LogP contribution >= 0.6 is 15.9 Å². The number of phenolic OH excluding ortho intramolecular Hbond substituents is 2. The maximum absolute atomic E-state index is 9.35. The number of phenols is 2. The van der Waals surface area contributed by atoms with E-state index in [1.807, 2.05) is 20.8 Å². The first-order valence-corrected chi connectivity index (χ1v) is 10.9. The Balaban J connectivity index is 0. The Hall–Kier alpha value is -0.740. The van der Waals surface area contributed by atoms with Crippen LogP contribution in [0, 0.1) is 0 Å². The van der Waals surface area contributed by atoms with Gasteiger partial charge in [-0.1, -0.05) is 88.2 Å². The van der Waals surface area contributed by atoms with Crippen LogP contribution < -0.4 is 0 Å². The second-order valence-electron chi connectivity index (χ2n) is 5.64. The Morgan fingerprint density at radius 2 is 1.36 bits per heavy atom. The van der Waals surface area contributed by atoms with Gasteiger partial charge in [0.2, 0.25) is 0 Å². The first-order chi connectivity index (χ1) is 12.2. The molecule has 0 saturated heterocycles. The fourth-order valence-electron chi connectivity index (χ4n) is 2.08. The van der Waals surface area contributed by atoms with Crippen molar-refractivity contribution in [2.45, 2.75) is 85.7 Å². The molecule has 0 aromatic heterocycles. The number of unbranched alkanes of at least 4 members (excludes halogenated alkanes) is 6. The molecular formula is C21H39BrO3. The van der Waals surface area contributed by atoms with Crippen LogP contribution in [0.15, 0.2) is 18.2 Å². The summed E-state index contributed by atoms with van der Waals surface area (Å²) in [6.07, 6.45) is 10.8. The molecule has 4 heteroatoms. The summed E-state index contributed by atoms with van der Waals surface area (Å²) in [5.74, 6) is 0.159. The van der Waals surface area contributed by atoms with Gasteiger partial charge in [0, 0.05) is 11.9 Å². The van der Waals surface area contributed by atoms with Gasteiger partial charge in [-0.2, -0.15) is 0 Å². The van der Waals surface area contributed by atoms with Crippen molar-refractivity contribution in [2.75, 3.05) is 11.9 Å². The predicted molar refractivity (Wildman–Crippen MR) is 113 cm³/mol. The minimum atomic E-state index is 0.0797. The molecular weight excluding hydrogens is 380 g/mol. The highest BCUT2D eigenvalue weighted by molar-refractivity contribution is 9.09. The van der Waals surface area contributed by atoms with E-state index in [4.69, 9.17) is 4.74 Å². The van der Waals surface area contributed by atoms with Gasteiger partial charge in [0.15, 0.2) is 0 Å². The molecule has 0 radical (unpaired) electrons. The first-order valence-electron chi connectivity index (χ1n) is 9.80. The van der Waals surface area contributed by atoms with Crippen LogP contribution in [0.1, 0.15) is 84.6 Å². The highest BCUT2D eigenvalue weighted by atomic mass is 79.9. The van der Waals surface area contributed by atoms with Crippen LogP contribution in [0.4, 0.5) is 0 Å². The zero-order chi connectivity index (χ0) is 19.3. The molecule has 3 nitrogen and oxygen atoms in total. The second-order valence-corrected chi connectivity index (χ2v) is 6.43. The third-order valence-corrected chi connectivity index (χ3v) is 4.02. The number of hydrogen-bond donors (Lipinski definition) is 2. The molecule has 0 fully saturated rings. The molecule has 0 aliphatic rings. The van der Waals surface area contributed by atoms with E-state index in [9.17, 15) is 10.2 Å². The predicted octanol–water partition coefficient (Wildman–Crippen LogP) is 7.18. The lowest BCUT2D eigenvalue weighted by Gasteiger charge is -2.06. The third-order valence-electron chi connectivity index (χ3n) is 3.46. The molecule has 0 saturated carbocycles. The monoisotopic (exact) mass is 418 g/mol. The average molecular weight is 419 g/mol. The lowest BCUT2D eigenvalue weighted by molar-refractivity contribution is 0.118. The molecule has 0 bridgehead atoms. The van der Waals surface area contributed by atoms with E-state index < -0.39 is 0 Å². The number of hydrogen-bond acceptors (Lipinski definition) is 3. The largest absolute Gasteiger partial charge is 0.507 e. The maximum atomic E-state index is 9.35. The van der Waals surface area contributed by atoms with E-state index in [1.165, 1.54) is 62.4 Å². The summed E-state index contributed by atoms with van der Waals surface area (Å²) < 4.78 is 5.21. The topological polar surface area (TPSA) is 49.7 Å². The smallest absolute Gasteiger partial charge is 0.124 e. The fourth-order valence-corrected chi connectivity index (χ4v) is 2.48. The molecule has 1 aromatic carbocycles. The molecule has 25 heavy (non-hydrogen) atoms. The van der Waals surface area contributed by atoms with Gasteiger partial charge in [-0.3, -0.25) is 0 Å². The van der Waals surface area contributed by atoms with Crippen molar-refractivity contribution in [3.63, 3.8) is 0 Å². The van der Waals surface area contributed by atoms with E-state index >= 15 is 0 Å². The van der Waals surface area contributed by atoms with Crippen molar-refractivity contribution in [3.8, 4) is 11.5 Å². The highest BCUT2D eigenvalue weighted by Gasteiger charge is 2.05. The molecule has 0 atom stereocenters. The van der Waals surface area contributed by atoms with Crippen LogP contribution in [0.25, 0.3) is 0 Å². The number of alkyl halides is 1. The zero-order valence-corrected chi connectivity index (χ0v) is 18.3. The van der Waals surface area contributed by atoms with Crippen molar-refractivity contribution in [1.29, 1.82) is 0 Å². The summed E-state index contributed by atoms with van der Waals surface area (Å²) in [7, 11) is 0. The Bertz CT molecular complexity index is 355. The summed E-state index contributed by atoms with van der Waals surface area (Å²) in [6, 6.07) is 4.66. The van der Waals surface area contributed by atoms with Crippen molar-refractivity contribution < 1.29 is 14.9 Å². The number of halogens is 1. The minimum absolute atomic E-state index is 0.0797. The van der Waals surface area contributed by atoms with Crippen molar-refractivity contribution in [1.82, 2.24) is 0 Å². The van der Waals surface area contributed by atoms with Crippen LogP contribution in [0.3, 0.4) is 0 Å². The van der Waals surface area contributed by atoms with Gasteiger partial charge in [-0.25, -0.2) is 0 Å². The molecule has 1 aromatic rings. The van der Waals surface area contributed by atoms with Gasteiger partial charge in [-0.15, -0.1) is 0 Å². The fraction of sp³-hybridized carbons (Fsp3) is 0.714. The summed E-state index contributed by atoms with van der Waals surface area (Å²) in [5, 5.41) is 19.9. The molecule has 1 rings (SSSR count). The van der Waals surface area contributed by atoms with E-state index in [0.29, 0.717) is 12.2 Å². The number of aromatic hydroxyl groups is 2. The molecule has 0 spiro atoms. The molecule has 0 unspecified atom stereocenters. The van der Waals surface area contributed by atoms with Gasteiger partial charge in [0.05, 0.1) is 12.2 Å². The minimum Gasteiger partial charge on any atom is -0.507 e. The molecule has 148 valence electrons. The van der Waals surface area contributed by atoms with Crippen molar-refractivity contribution >= 4 is 15.9 Å². The SMILES string of the molecule is CC.CCCCCCCCCBr.CCCOCc1c(O)cccc1O. The summed E-state index contributed by atoms with van der Waals surface area (Å²) in [6.45, 7) is 9.16. The van der Waals surface area contributed by atoms with Crippen molar-refractivity contribution in [3.05, 3.63) is 23.8 Å². The van der Waals surface area contributed by atoms with Gasteiger partial charge in [0.25, 0.3) is 0 Å². The van der Waals surface area contributed by atoms with Crippen LogP contribution in [0.2, 0.25) is 0 Å². The molecule has 0 aliphatic carbocycles. The van der Waals surface area contributed by atoms with E-state index in [1.54, 1.807) is 6.07 Å². The average Bonchev–Trinajstić information content (AvgIpc) is 2.63. The highest BCUT2D eigenvalue weighted by Crippen LogP contribution is 2.26. The Labute approximate surface area is 163 Å². The first kappa shape index (κ1) is 26.5. The summed E-state index contributed by atoms with van der Waals surface area (Å²) in [4.78, 5) is 0. The molecule has 0 heterocycles. The van der Waals surface area contributed by atoms with E-state index in [0.717, 1.165) is 6.42 Å². The summed E-state index contributed by atoms with van der Waals surface area (Å²) >= 11 is 3.43. The zero-order valence-electron chi connectivity index (χ0n) is 16.7. The van der Waals surface area contributed by atoms with E-state index in [2.05, 4.69) is 22.9 Å². The maximum Gasteiger partial charge on any atom is 0.124 e. The third kappa shape index (κ3) is 16.5. The summed E-state index contributed by atoms with van der Waals surface area (Å²) in [5.41, 5.74) is 0.455. The van der Waals surface area contributed by atoms with Crippen molar-refractivity contribution in [2.24, 2.45) is 0 Å². The molecule has 2 N–H and O–H groups in total. The quantitative estimate of drug-likeness (QED) is 0.295. The Morgan fingerprint density at radius 3 is 1.84 bits per heavy atom. The molecule has 0 aliphatic heterocycles. The van der Waals surface area contributed by atoms with E-state index in [-0.39, 0.29) is 18.1 Å². The van der Waals surface area contributed by atoms with Crippen LogP contribution in [0.5, 0.6) is 11.5 Å². The number of ether oxygens (including phenoxy) is 1. The standard InChI is InChI=1S/C10H14O3.C9H19Br.C2H6/c1-2-6-13-7-8-9(11)4-3-5-10(8)12;1-2-3-4-5-6-7-8-9-10;1-2/h3-5,11-12H,2,6-7H2,1H3;2-9H2,1H3;1-2H3. The van der Waals surface area contributed by atoms with Crippen LogP contribution in [-0.2, 0) is 11.3 Å².